The lowest BCUT2D eigenvalue weighted by Crippen LogP contribution is -2.37. The van der Waals surface area contributed by atoms with Gasteiger partial charge in [-0.3, -0.25) is 9.69 Å². The van der Waals surface area contributed by atoms with Gasteiger partial charge in [-0.25, -0.2) is 0 Å². The number of amides is 1. The average molecular weight is 532 g/mol. The number of rotatable bonds is 10. The second-order valence-corrected chi connectivity index (χ2v) is 10.9. The Bertz CT molecular complexity index is 1170. The molecule has 0 unspecified atom stereocenters. The van der Waals surface area contributed by atoms with E-state index in [9.17, 15) is 4.79 Å². The molecule has 2 aliphatic rings. The van der Waals surface area contributed by atoms with Crippen molar-refractivity contribution in [2.75, 3.05) is 39.3 Å². The molecule has 1 amide bonds. The number of nitrogens with zero attached hydrogens (tertiary/aromatic N) is 2. The van der Waals surface area contributed by atoms with E-state index in [2.05, 4.69) is 63.6 Å². The Labute approximate surface area is 231 Å². The molecule has 0 aromatic heterocycles. The van der Waals surface area contributed by atoms with Gasteiger partial charge in [0.2, 0.25) is 0 Å². The number of hydrogen-bond acceptors (Lipinski definition) is 4. The number of benzene rings is 3. The highest BCUT2D eigenvalue weighted by atomic mass is 35.5. The molecular weight excluding hydrogens is 494 g/mol. The Morgan fingerprint density at radius 2 is 1.58 bits per heavy atom. The van der Waals surface area contributed by atoms with Crippen molar-refractivity contribution < 1.29 is 9.53 Å². The maximum absolute atomic E-state index is 12.5. The molecule has 2 saturated heterocycles. The summed E-state index contributed by atoms with van der Waals surface area (Å²) >= 11 is 6.51. The lowest BCUT2D eigenvalue weighted by atomic mass is 10.0. The van der Waals surface area contributed by atoms with E-state index < -0.39 is 0 Å². The third kappa shape index (κ3) is 7.37. The minimum Gasteiger partial charge on any atom is -0.489 e. The van der Waals surface area contributed by atoms with E-state index in [1.54, 1.807) is 6.07 Å². The van der Waals surface area contributed by atoms with Crippen molar-refractivity contribution in [3.05, 3.63) is 88.9 Å². The van der Waals surface area contributed by atoms with E-state index in [4.69, 9.17) is 16.3 Å². The lowest BCUT2D eigenvalue weighted by molar-refractivity contribution is 0.0949. The lowest BCUT2D eigenvalue weighted by Gasteiger charge is -2.32. The van der Waals surface area contributed by atoms with Gasteiger partial charge in [0, 0.05) is 31.7 Å². The summed E-state index contributed by atoms with van der Waals surface area (Å²) < 4.78 is 6.24. The van der Waals surface area contributed by atoms with Gasteiger partial charge in [0.1, 0.15) is 11.9 Å². The van der Waals surface area contributed by atoms with Crippen molar-refractivity contribution in [1.82, 2.24) is 15.1 Å². The van der Waals surface area contributed by atoms with Crippen LogP contribution in [-0.2, 0) is 6.54 Å². The number of carbonyl (C=O) groups is 1. The first-order valence-electron chi connectivity index (χ1n) is 14.0. The molecule has 0 radical (unpaired) electrons. The molecule has 0 bridgehead atoms. The second-order valence-electron chi connectivity index (χ2n) is 10.5. The molecule has 200 valence electrons. The maximum atomic E-state index is 12.5. The second kappa shape index (κ2) is 13.3. The first kappa shape index (κ1) is 26.7. The normalized spacial score (nSPS) is 17.0. The zero-order valence-electron chi connectivity index (χ0n) is 22.1. The van der Waals surface area contributed by atoms with E-state index in [0.29, 0.717) is 22.9 Å². The highest BCUT2D eigenvalue weighted by molar-refractivity contribution is 6.32. The molecule has 38 heavy (non-hydrogen) atoms. The topological polar surface area (TPSA) is 44.8 Å². The molecule has 0 aliphatic carbocycles. The summed E-state index contributed by atoms with van der Waals surface area (Å²) in [5.74, 6) is 0.581. The first-order chi connectivity index (χ1) is 18.6. The number of hydrogen-bond donors (Lipinski definition) is 1. The Morgan fingerprint density at radius 3 is 2.29 bits per heavy atom. The summed E-state index contributed by atoms with van der Waals surface area (Å²) in [6, 6.07) is 24.7. The maximum Gasteiger partial charge on any atom is 0.251 e. The standard InChI is InChI=1S/C32H38ClN3O2/c33-30-23-28(32(37)34-17-6-20-35-18-4-5-19-35)13-14-31(30)38-29-15-21-36(22-16-29)24-25-9-11-27(12-10-25)26-7-2-1-3-8-26/h1-3,7-14,23,29H,4-6,15-22,24H2,(H,34,37). The largest absolute Gasteiger partial charge is 0.489 e. The van der Waals surface area contributed by atoms with E-state index in [1.807, 2.05) is 18.2 Å². The SMILES string of the molecule is O=C(NCCCN1CCCC1)c1ccc(OC2CCN(Cc3ccc(-c4ccccc4)cc3)CC2)c(Cl)c1. The van der Waals surface area contributed by atoms with Crippen LogP contribution in [0.2, 0.25) is 5.02 Å². The van der Waals surface area contributed by atoms with Crippen LogP contribution in [0, 0.1) is 0 Å². The molecule has 0 spiro atoms. The van der Waals surface area contributed by atoms with E-state index >= 15 is 0 Å². The molecule has 5 nitrogen and oxygen atoms in total. The van der Waals surface area contributed by atoms with Crippen LogP contribution in [-0.4, -0.2) is 61.1 Å². The van der Waals surface area contributed by atoms with Crippen LogP contribution < -0.4 is 10.1 Å². The molecule has 0 atom stereocenters. The fourth-order valence-electron chi connectivity index (χ4n) is 5.41. The zero-order valence-corrected chi connectivity index (χ0v) is 22.8. The van der Waals surface area contributed by atoms with Gasteiger partial charge < -0.3 is 15.0 Å². The van der Waals surface area contributed by atoms with Crippen LogP contribution in [0.5, 0.6) is 5.75 Å². The smallest absolute Gasteiger partial charge is 0.251 e. The quantitative estimate of drug-likeness (QED) is 0.313. The first-order valence-corrected chi connectivity index (χ1v) is 14.4. The summed E-state index contributed by atoms with van der Waals surface area (Å²) in [6.07, 6.45) is 5.60. The Hall–Kier alpha value is -2.86. The van der Waals surface area contributed by atoms with Gasteiger partial charge in [-0.2, -0.15) is 0 Å². The Morgan fingerprint density at radius 1 is 0.868 bits per heavy atom. The number of nitrogens with one attached hydrogen (secondary N) is 1. The molecular formula is C32H38ClN3O2. The summed E-state index contributed by atoms with van der Waals surface area (Å²) in [7, 11) is 0. The van der Waals surface area contributed by atoms with Crippen molar-refractivity contribution in [2.45, 2.75) is 44.8 Å². The fourth-order valence-corrected chi connectivity index (χ4v) is 5.63. The number of ether oxygens (including phenoxy) is 1. The Balaban J connectivity index is 1.04. The van der Waals surface area contributed by atoms with E-state index in [0.717, 1.165) is 45.4 Å². The molecule has 2 aliphatic heterocycles. The fraction of sp³-hybridized carbons (Fsp3) is 0.406. The van der Waals surface area contributed by atoms with E-state index in [1.165, 1.54) is 42.6 Å². The summed E-state index contributed by atoms with van der Waals surface area (Å²) in [5.41, 5.74) is 4.41. The van der Waals surface area contributed by atoms with Crippen LogP contribution in [0.4, 0.5) is 0 Å². The minimum atomic E-state index is -0.0787. The molecule has 2 heterocycles. The Kier molecular flexibility index (Phi) is 9.34. The van der Waals surface area contributed by atoms with Gasteiger partial charge in [0.05, 0.1) is 5.02 Å². The number of likely N-dealkylation sites (tertiary alicyclic amines) is 2. The molecule has 6 heteroatoms. The van der Waals surface area contributed by atoms with Gasteiger partial charge in [-0.1, -0.05) is 66.2 Å². The number of piperidine rings is 1. The molecule has 5 rings (SSSR count). The third-order valence-corrected chi connectivity index (χ3v) is 7.92. The van der Waals surface area contributed by atoms with Crippen LogP contribution in [0.15, 0.2) is 72.8 Å². The van der Waals surface area contributed by atoms with Crippen molar-refractivity contribution in [1.29, 1.82) is 0 Å². The summed E-state index contributed by atoms with van der Waals surface area (Å²) in [5, 5.41) is 3.51. The summed E-state index contributed by atoms with van der Waals surface area (Å²) in [6.45, 7) is 7.03. The molecule has 3 aromatic rings. The molecule has 2 fully saturated rings. The van der Waals surface area contributed by atoms with Gasteiger partial charge in [0.25, 0.3) is 5.91 Å². The van der Waals surface area contributed by atoms with Crippen LogP contribution in [0.25, 0.3) is 11.1 Å². The van der Waals surface area contributed by atoms with Gasteiger partial charge >= 0.3 is 0 Å². The molecule has 1 N–H and O–H groups in total. The predicted octanol–water partition coefficient (Wildman–Crippen LogP) is 6.27. The zero-order chi connectivity index (χ0) is 26.2. The van der Waals surface area contributed by atoms with Crippen molar-refractivity contribution >= 4 is 17.5 Å². The predicted molar refractivity (Wildman–Crippen MR) is 155 cm³/mol. The van der Waals surface area contributed by atoms with Crippen molar-refractivity contribution in [3.8, 4) is 16.9 Å². The minimum absolute atomic E-state index is 0.0787. The van der Waals surface area contributed by atoms with Crippen LogP contribution in [0.3, 0.4) is 0 Å². The number of halogens is 1. The van der Waals surface area contributed by atoms with Gasteiger partial charge in [-0.15, -0.1) is 0 Å². The van der Waals surface area contributed by atoms with E-state index in [-0.39, 0.29) is 12.0 Å². The number of carbonyl (C=O) groups excluding carboxylic acids is 1. The molecule has 0 saturated carbocycles. The van der Waals surface area contributed by atoms with Crippen LogP contribution in [0.1, 0.15) is 48.0 Å². The average Bonchev–Trinajstić information content (AvgIpc) is 3.48. The van der Waals surface area contributed by atoms with Gasteiger partial charge in [0.15, 0.2) is 0 Å². The van der Waals surface area contributed by atoms with Crippen LogP contribution >= 0.6 is 11.6 Å². The third-order valence-electron chi connectivity index (χ3n) is 7.62. The van der Waals surface area contributed by atoms with Gasteiger partial charge in [-0.05, 0) is 86.6 Å². The monoisotopic (exact) mass is 531 g/mol. The molecule has 3 aromatic carbocycles. The highest BCUT2D eigenvalue weighted by Gasteiger charge is 2.22. The highest BCUT2D eigenvalue weighted by Crippen LogP contribution is 2.29. The summed E-state index contributed by atoms with van der Waals surface area (Å²) in [4.78, 5) is 17.5. The van der Waals surface area contributed by atoms with Crippen molar-refractivity contribution in [3.63, 3.8) is 0 Å². The van der Waals surface area contributed by atoms with Crippen molar-refractivity contribution in [2.24, 2.45) is 0 Å².